The van der Waals surface area contributed by atoms with Crippen molar-refractivity contribution in [1.82, 2.24) is 9.88 Å². The lowest BCUT2D eigenvalue weighted by molar-refractivity contribution is -0.129. The Balaban J connectivity index is 1.69. The molecule has 5 heteroatoms. The molecule has 0 radical (unpaired) electrons. The van der Waals surface area contributed by atoms with Crippen molar-refractivity contribution in [3.63, 3.8) is 0 Å². The summed E-state index contributed by atoms with van der Waals surface area (Å²) in [6, 6.07) is 17.8. The van der Waals surface area contributed by atoms with Gasteiger partial charge in [-0.25, -0.2) is 4.98 Å². The van der Waals surface area contributed by atoms with Gasteiger partial charge in [-0.15, -0.1) is 11.3 Å². The monoisotopic (exact) mass is 366 g/mol. The Bertz CT molecular complexity index is 873. The number of hydrogen-bond acceptors (Lipinski definition) is 4. The Labute approximate surface area is 158 Å². The van der Waals surface area contributed by atoms with Crippen LogP contribution in [0.2, 0.25) is 0 Å². The molecule has 0 unspecified atom stereocenters. The van der Waals surface area contributed by atoms with Crippen LogP contribution in [0.5, 0.6) is 5.75 Å². The molecule has 26 heavy (non-hydrogen) atoms. The minimum absolute atomic E-state index is 0.0990. The molecule has 134 valence electrons. The quantitative estimate of drug-likeness (QED) is 0.652. The number of amides is 1. The largest absolute Gasteiger partial charge is 0.497 e. The maximum Gasteiger partial charge on any atom is 0.227 e. The Morgan fingerprint density at radius 1 is 1.12 bits per heavy atom. The molecule has 0 aliphatic heterocycles. The minimum Gasteiger partial charge on any atom is -0.497 e. The average molecular weight is 366 g/mol. The first-order valence-corrected chi connectivity index (χ1v) is 9.27. The third kappa shape index (κ3) is 4.29. The number of carbonyl (C=O) groups excluding carboxylic acids is 1. The summed E-state index contributed by atoms with van der Waals surface area (Å²) >= 11 is 1.58. The summed E-state index contributed by atoms with van der Waals surface area (Å²) in [5, 5.41) is 0.929. The fourth-order valence-corrected chi connectivity index (χ4v) is 3.73. The van der Waals surface area contributed by atoms with E-state index < -0.39 is 0 Å². The molecule has 3 aromatic rings. The zero-order chi connectivity index (χ0) is 18.5. The molecule has 1 amide bonds. The zero-order valence-electron chi connectivity index (χ0n) is 15.2. The van der Waals surface area contributed by atoms with E-state index in [0.717, 1.165) is 32.5 Å². The summed E-state index contributed by atoms with van der Waals surface area (Å²) in [5.74, 6) is 0.918. The maximum atomic E-state index is 12.6. The van der Waals surface area contributed by atoms with Crippen LogP contribution in [-0.2, 0) is 17.8 Å². The molecule has 1 aromatic heterocycles. The van der Waals surface area contributed by atoms with Crippen LogP contribution in [0.4, 0.5) is 0 Å². The van der Waals surface area contributed by atoms with Gasteiger partial charge in [0.05, 0.1) is 19.2 Å². The summed E-state index contributed by atoms with van der Waals surface area (Å²) < 4.78 is 5.19. The SMILES string of the molecule is COc1ccc(-c2nc(C)c(CC(=O)N(C)Cc3ccccc3)s2)cc1. The summed E-state index contributed by atoms with van der Waals surface area (Å²) in [6.45, 7) is 2.58. The third-order valence-corrected chi connectivity index (χ3v) is 5.44. The van der Waals surface area contributed by atoms with Crippen LogP contribution in [0, 0.1) is 6.92 Å². The second-order valence-electron chi connectivity index (χ2n) is 6.17. The number of hydrogen-bond donors (Lipinski definition) is 0. The van der Waals surface area contributed by atoms with E-state index in [1.54, 1.807) is 23.3 Å². The van der Waals surface area contributed by atoms with Crippen molar-refractivity contribution in [2.24, 2.45) is 0 Å². The van der Waals surface area contributed by atoms with Crippen molar-refractivity contribution in [3.8, 4) is 16.3 Å². The van der Waals surface area contributed by atoms with Crippen molar-refractivity contribution in [3.05, 3.63) is 70.7 Å². The van der Waals surface area contributed by atoms with E-state index in [1.165, 1.54) is 0 Å². The maximum absolute atomic E-state index is 12.6. The van der Waals surface area contributed by atoms with Gasteiger partial charge >= 0.3 is 0 Å². The lowest BCUT2D eigenvalue weighted by Crippen LogP contribution is -2.27. The van der Waals surface area contributed by atoms with Crippen LogP contribution in [0.3, 0.4) is 0 Å². The van der Waals surface area contributed by atoms with E-state index >= 15 is 0 Å². The van der Waals surface area contributed by atoms with Crippen LogP contribution in [0.1, 0.15) is 16.1 Å². The number of likely N-dealkylation sites (N-methyl/N-ethyl adjacent to an activating group) is 1. The second kappa shape index (κ2) is 8.15. The predicted molar refractivity (Wildman–Crippen MR) is 105 cm³/mol. The first-order valence-electron chi connectivity index (χ1n) is 8.45. The van der Waals surface area contributed by atoms with Gasteiger partial charge in [0.25, 0.3) is 0 Å². The highest BCUT2D eigenvalue weighted by atomic mass is 32.1. The summed E-state index contributed by atoms with van der Waals surface area (Å²) in [5.41, 5.74) is 3.08. The van der Waals surface area contributed by atoms with E-state index in [9.17, 15) is 4.79 Å². The molecule has 0 spiro atoms. The standard InChI is InChI=1S/C21H22N2O2S/c1-15-19(13-20(24)23(2)14-16-7-5-4-6-8-16)26-21(22-15)17-9-11-18(25-3)12-10-17/h4-12H,13-14H2,1-3H3. The number of ether oxygens (including phenoxy) is 1. The predicted octanol–water partition coefficient (Wildman–Crippen LogP) is 4.33. The molecule has 0 fully saturated rings. The van der Waals surface area contributed by atoms with E-state index in [1.807, 2.05) is 68.6 Å². The van der Waals surface area contributed by atoms with Crippen molar-refractivity contribution < 1.29 is 9.53 Å². The lowest BCUT2D eigenvalue weighted by Gasteiger charge is -2.17. The number of carbonyl (C=O) groups is 1. The van der Waals surface area contributed by atoms with Gasteiger partial charge in [0.15, 0.2) is 0 Å². The van der Waals surface area contributed by atoms with E-state index in [-0.39, 0.29) is 5.91 Å². The van der Waals surface area contributed by atoms with Crippen molar-refractivity contribution in [1.29, 1.82) is 0 Å². The Kier molecular flexibility index (Phi) is 5.68. The van der Waals surface area contributed by atoms with E-state index in [0.29, 0.717) is 13.0 Å². The van der Waals surface area contributed by atoms with Gasteiger partial charge in [-0.1, -0.05) is 30.3 Å². The number of nitrogens with zero attached hydrogens (tertiary/aromatic N) is 2. The van der Waals surface area contributed by atoms with Crippen LogP contribution < -0.4 is 4.74 Å². The number of methoxy groups -OCH3 is 1. The molecule has 0 aliphatic rings. The van der Waals surface area contributed by atoms with Gasteiger partial charge in [0.1, 0.15) is 10.8 Å². The molecule has 1 heterocycles. The van der Waals surface area contributed by atoms with Gasteiger partial charge in [-0.2, -0.15) is 0 Å². The molecule has 0 N–H and O–H groups in total. The Hall–Kier alpha value is -2.66. The topological polar surface area (TPSA) is 42.4 Å². The van der Waals surface area contributed by atoms with E-state index in [4.69, 9.17) is 4.74 Å². The third-order valence-electron chi connectivity index (χ3n) is 4.23. The van der Waals surface area contributed by atoms with Crippen LogP contribution >= 0.6 is 11.3 Å². The molecule has 3 rings (SSSR count). The number of benzene rings is 2. The molecule has 0 saturated heterocycles. The first-order chi connectivity index (χ1) is 12.6. The highest BCUT2D eigenvalue weighted by molar-refractivity contribution is 7.15. The Morgan fingerprint density at radius 2 is 1.81 bits per heavy atom. The van der Waals surface area contributed by atoms with Gasteiger partial charge < -0.3 is 9.64 Å². The molecular formula is C21H22N2O2S. The second-order valence-corrected chi connectivity index (χ2v) is 7.25. The van der Waals surface area contributed by atoms with Crippen LogP contribution in [0.15, 0.2) is 54.6 Å². The van der Waals surface area contributed by atoms with Crippen LogP contribution in [0.25, 0.3) is 10.6 Å². The zero-order valence-corrected chi connectivity index (χ0v) is 16.0. The molecule has 0 saturated carbocycles. The van der Waals surface area contributed by atoms with Gasteiger partial charge in [-0.05, 0) is 36.8 Å². The summed E-state index contributed by atoms with van der Waals surface area (Å²) in [6.07, 6.45) is 0.378. The van der Waals surface area contributed by atoms with Gasteiger partial charge in [0.2, 0.25) is 5.91 Å². The Morgan fingerprint density at radius 3 is 2.46 bits per heavy atom. The smallest absolute Gasteiger partial charge is 0.227 e. The number of thiazole rings is 1. The molecular weight excluding hydrogens is 344 g/mol. The number of aromatic nitrogens is 1. The summed E-state index contributed by atoms with van der Waals surface area (Å²) in [7, 11) is 3.49. The van der Waals surface area contributed by atoms with E-state index in [2.05, 4.69) is 4.98 Å². The average Bonchev–Trinajstić information content (AvgIpc) is 3.03. The molecule has 0 aliphatic carbocycles. The molecule has 0 bridgehead atoms. The normalized spacial score (nSPS) is 10.6. The molecule has 4 nitrogen and oxygen atoms in total. The van der Waals surface area contributed by atoms with Gasteiger partial charge in [0, 0.05) is 24.0 Å². The van der Waals surface area contributed by atoms with Crippen molar-refractivity contribution in [2.75, 3.05) is 14.2 Å². The highest BCUT2D eigenvalue weighted by Crippen LogP contribution is 2.29. The lowest BCUT2D eigenvalue weighted by atomic mass is 10.2. The molecule has 2 aromatic carbocycles. The van der Waals surface area contributed by atoms with Crippen molar-refractivity contribution in [2.45, 2.75) is 19.9 Å². The number of aryl methyl sites for hydroxylation is 1. The first kappa shape index (κ1) is 18.1. The van der Waals surface area contributed by atoms with Crippen LogP contribution in [-0.4, -0.2) is 29.9 Å². The van der Waals surface area contributed by atoms with Gasteiger partial charge in [-0.3, -0.25) is 4.79 Å². The molecule has 0 atom stereocenters. The fourth-order valence-electron chi connectivity index (χ4n) is 2.67. The fraction of sp³-hybridized carbons (Fsp3) is 0.238. The van der Waals surface area contributed by atoms with Crippen molar-refractivity contribution >= 4 is 17.2 Å². The number of rotatable bonds is 6. The minimum atomic E-state index is 0.0990. The highest BCUT2D eigenvalue weighted by Gasteiger charge is 2.16. The summed E-state index contributed by atoms with van der Waals surface area (Å²) in [4.78, 5) is 20.0.